The van der Waals surface area contributed by atoms with Crippen molar-refractivity contribution >= 4 is 5.57 Å². The van der Waals surface area contributed by atoms with Crippen molar-refractivity contribution in [2.45, 2.75) is 64.2 Å². The summed E-state index contributed by atoms with van der Waals surface area (Å²) >= 11 is 0. The van der Waals surface area contributed by atoms with E-state index in [1.807, 2.05) is 0 Å². The number of benzene rings is 1. The van der Waals surface area contributed by atoms with E-state index in [1.165, 1.54) is 75.3 Å². The molecule has 3 rings (SSSR count). The molecule has 0 radical (unpaired) electrons. The Balaban J connectivity index is 1.79. The zero-order valence-electron chi connectivity index (χ0n) is 13.2. The molecular weight excluding hydrogens is 252 g/mol. The smallest absolute Gasteiger partial charge is 0.00107 e. The van der Waals surface area contributed by atoms with Crippen molar-refractivity contribution in [3.05, 3.63) is 53.6 Å². The molecule has 0 aliphatic heterocycles. The number of allylic oxidation sites excluding steroid dienone is 4. The lowest BCUT2D eigenvalue weighted by Gasteiger charge is -2.17. The van der Waals surface area contributed by atoms with E-state index < -0.39 is 0 Å². The van der Waals surface area contributed by atoms with Crippen molar-refractivity contribution in [2.75, 3.05) is 0 Å². The van der Waals surface area contributed by atoms with Gasteiger partial charge in [-0.2, -0.15) is 0 Å². The van der Waals surface area contributed by atoms with Crippen LogP contribution in [0.25, 0.3) is 5.57 Å². The van der Waals surface area contributed by atoms with Crippen LogP contribution >= 0.6 is 0 Å². The highest BCUT2D eigenvalue weighted by Crippen LogP contribution is 2.38. The van der Waals surface area contributed by atoms with Crippen LogP contribution in [0.4, 0.5) is 0 Å². The van der Waals surface area contributed by atoms with Crippen molar-refractivity contribution in [3.8, 4) is 0 Å². The third-order valence-electron chi connectivity index (χ3n) is 5.08. The molecule has 2 aliphatic carbocycles. The lowest BCUT2D eigenvalue weighted by molar-refractivity contribution is 0.513. The van der Waals surface area contributed by atoms with Gasteiger partial charge in [0.2, 0.25) is 0 Å². The van der Waals surface area contributed by atoms with Gasteiger partial charge in [-0.25, -0.2) is 0 Å². The first-order valence-electron chi connectivity index (χ1n) is 8.92. The number of hydrogen-bond acceptors (Lipinski definition) is 0. The Morgan fingerprint density at radius 1 is 0.714 bits per heavy atom. The first-order valence-corrected chi connectivity index (χ1v) is 8.92. The summed E-state index contributed by atoms with van der Waals surface area (Å²) in [5.74, 6) is 0.722. The Kier molecular flexibility index (Phi) is 5.32. The van der Waals surface area contributed by atoms with Crippen molar-refractivity contribution in [3.63, 3.8) is 0 Å². The van der Waals surface area contributed by atoms with Gasteiger partial charge in [0.1, 0.15) is 0 Å². The van der Waals surface area contributed by atoms with Crippen LogP contribution in [-0.2, 0) is 0 Å². The molecule has 0 N–H and O–H groups in total. The molecule has 0 bridgehead atoms. The number of hydrogen-bond donors (Lipinski definition) is 0. The monoisotopic (exact) mass is 280 g/mol. The molecular formula is C21H28. The molecule has 1 fully saturated rings. The fourth-order valence-corrected chi connectivity index (χ4v) is 3.87. The van der Waals surface area contributed by atoms with Gasteiger partial charge in [0.25, 0.3) is 0 Å². The fourth-order valence-electron chi connectivity index (χ4n) is 3.87. The molecule has 21 heavy (non-hydrogen) atoms. The normalized spacial score (nSPS) is 24.3. The second-order valence-electron chi connectivity index (χ2n) is 6.64. The van der Waals surface area contributed by atoms with Crippen LogP contribution < -0.4 is 0 Å². The highest BCUT2D eigenvalue weighted by atomic mass is 14.3. The Labute approximate surface area is 130 Å². The lowest BCUT2D eigenvalue weighted by Crippen LogP contribution is -2.01. The van der Waals surface area contributed by atoms with Gasteiger partial charge in [-0.1, -0.05) is 93.0 Å². The summed E-state index contributed by atoms with van der Waals surface area (Å²) in [7, 11) is 0. The Hall–Kier alpha value is -1.30. The van der Waals surface area contributed by atoms with Gasteiger partial charge in [-0.3, -0.25) is 0 Å². The second-order valence-corrected chi connectivity index (χ2v) is 6.64. The Morgan fingerprint density at radius 2 is 1.38 bits per heavy atom. The largest absolute Gasteiger partial charge is 0.0767 e. The molecule has 1 unspecified atom stereocenters. The molecule has 0 amide bonds. The van der Waals surface area contributed by atoms with Crippen LogP contribution in [0.3, 0.4) is 0 Å². The van der Waals surface area contributed by atoms with Crippen LogP contribution in [-0.4, -0.2) is 0 Å². The summed E-state index contributed by atoms with van der Waals surface area (Å²) in [6.07, 6.45) is 19.0. The van der Waals surface area contributed by atoms with Gasteiger partial charge in [0.05, 0.1) is 0 Å². The van der Waals surface area contributed by atoms with E-state index >= 15 is 0 Å². The van der Waals surface area contributed by atoms with Crippen LogP contribution in [0, 0.1) is 5.92 Å². The zero-order valence-corrected chi connectivity index (χ0v) is 13.2. The average Bonchev–Trinajstić information content (AvgIpc) is 2.91. The highest BCUT2D eigenvalue weighted by Gasteiger charge is 2.20. The van der Waals surface area contributed by atoms with Gasteiger partial charge in [0.15, 0.2) is 0 Å². The van der Waals surface area contributed by atoms with Gasteiger partial charge < -0.3 is 0 Å². The summed E-state index contributed by atoms with van der Waals surface area (Å²) in [4.78, 5) is 0. The van der Waals surface area contributed by atoms with Crippen LogP contribution in [0.1, 0.15) is 69.8 Å². The maximum atomic E-state index is 2.48. The van der Waals surface area contributed by atoms with Crippen molar-refractivity contribution < 1.29 is 0 Å². The summed E-state index contributed by atoms with van der Waals surface area (Å²) in [6.45, 7) is 0. The molecule has 0 nitrogen and oxygen atoms in total. The lowest BCUT2D eigenvalue weighted by atomic mass is 9.88. The quantitative estimate of drug-likeness (QED) is 0.548. The first-order chi connectivity index (χ1) is 10.4. The molecule has 1 aromatic rings. The molecule has 2 aliphatic rings. The molecule has 0 heteroatoms. The van der Waals surface area contributed by atoms with E-state index in [1.54, 1.807) is 5.57 Å². The molecule has 0 heterocycles. The predicted octanol–water partition coefficient (Wildman–Crippen LogP) is 6.54. The highest BCUT2D eigenvalue weighted by molar-refractivity contribution is 5.80. The van der Waals surface area contributed by atoms with Gasteiger partial charge in [-0.15, -0.1) is 0 Å². The molecule has 1 aromatic carbocycles. The molecule has 0 spiro atoms. The Bertz CT molecular complexity index is 492. The second kappa shape index (κ2) is 7.64. The first kappa shape index (κ1) is 14.6. The summed E-state index contributed by atoms with van der Waals surface area (Å²) in [6, 6.07) is 11.0. The van der Waals surface area contributed by atoms with Gasteiger partial charge >= 0.3 is 0 Å². The van der Waals surface area contributed by atoms with Crippen molar-refractivity contribution in [1.82, 2.24) is 0 Å². The minimum absolute atomic E-state index is 0.722. The minimum Gasteiger partial charge on any atom is -0.0767 e. The van der Waals surface area contributed by atoms with Crippen molar-refractivity contribution in [1.29, 1.82) is 0 Å². The number of rotatable bonds is 1. The minimum atomic E-state index is 0.722. The topological polar surface area (TPSA) is 0 Å². The molecule has 0 saturated heterocycles. The SMILES string of the molecule is C1=CC2CCCCCCCCCCC2=C1c1ccccc1. The van der Waals surface area contributed by atoms with Crippen LogP contribution in [0.15, 0.2) is 48.1 Å². The van der Waals surface area contributed by atoms with Gasteiger partial charge in [-0.05, 0) is 36.3 Å². The molecule has 112 valence electrons. The van der Waals surface area contributed by atoms with E-state index in [-0.39, 0.29) is 0 Å². The van der Waals surface area contributed by atoms with E-state index in [0.29, 0.717) is 0 Å². The van der Waals surface area contributed by atoms with Gasteiger partial charge in [0, 0.05) is 0 Å². The maximum absolute atomic E-state index is 2.48. The molecule has 1 atom stereocenters. The van der Waals surface area contributed by atoms with E-state index in [4.69, 9.17) is 0 Å². The standard InChI is InChI=1S/C21H28/c1-2-4-6-11-15-20-19(14-8-5-3-1)16-17-21(20)18-12-9-7-10-13-18/h7,9-10,12-13,16-17,19H,1-6,8,11,14-15H2. The third kappa shape index (κ3) is 3.87. The van der Waals surface area contributed by atoms with Crippen LogP contribution in [0.2, 0.25) is 0 Å². The average molecular weight is 280 g/mol. The molecule has 0 aromatic heterocycles. The van der Waals surface area contributed by atoms with Crippen molar-refractivity contribution in [2.24, 2.45) is 5.92 Å². The maximum Gasteiger partial charge on any atom is -0.00107 e. The fraction of sp³-hybridized carbons (Fsp3) is 0.524. The van der Waals surface area contributed by atoms with E-state index in [9.17, 15) is 0 Å². The summed E-state index contributed by atoms with van der Waals surface area (Å²) in [5, 5.41) is 0. The third-order valence-corrected chi connectivity index (χ3v) is 5.08. The van der Waals surface area contributed by atoms with Crippen LogP contribution in [0.5, 0.6) is 0 Å². The molecule has 1 saturated carbocycles. The zero-order chi connectivity index (χ0) is 14.3. The Morgan fingerprint density at radius 3 is 2.14 bits per heavy atom. The summed E-state index contributed by atoms with van der Waals surface area (Å²) < 4.78 is 0. The predicted molar refractivity (Wildman–Crippen MR) is 92.2 cm³/mol. The summed E-state index contributed by atoms with van der Waals surface area (Å²) in [5.41, 5.74) is 4.66. The number of fused-ring (bicyclic) bond motifs is 1. The van der Waals surface area contributed by atoms with E-state index in [0.717, 1.165) is 5.92 Å². The van der Waals surface area contributed by atoms with E-state index in [2.05, 4.69) is 42.5 Å².